The molecule has 0 bridgehead atoms. The van der Waals surface area contributed by atoms with Gasteiger partial charge in [0.1, 0.15) is 5.75 Å². The van der Waals surface area contributed by atoms with Crippen LogP contribution in [0.4, 0.5) is 28.4 Å². The molecule has 26 heteroatoms. The number of hydrogen-bond acceptors (Lipinski definition) is 14. The third kappa shape index (κ3) is 20.7. The molecule has 4 aliphatic carbocycles. The molecule has 24 nitrogen and oxygen atoms in total. The second-order valence-electron chi connectivity index (χ2n) is 29.5. The molecule has 1 heterocycles. The number of aliphatic carboxylic acids is 2. The summed E-state index contributed by atoms with van der Waals surface area (Å²) in [7, 11) is -7.99. The van der Waals surface area contributed by atoms with Crippen LogP contribution in [0.5, 0.6) is 5.75 Å². The molecular weight excluding hydrogens is 1470 g/mol. The number of ether oxygens (including phenoxy) is 1. The fraction of sp³-hybridized carbons (Fsp3) is 0.349. The Morgan fingerprint density at radius 3 is 1.25 bits per heavy atom. The molecule has 8 N–H and O–H groups in total. The number of carbonyl (C=O) groups is 8. The lowest BCUT2D eigenvalue weighted by Crippen LogP contribution is -2.44. The monoisotopic (exact) mass is 1560 g/mol. The zero-order chi connectivity index (χ0) is 79.2. The minimum Gasteiger partial charge on any atom is -0.493 e. The lowest BCUT2D eigenvalue weighted by molar-refractivity contribution is -0.144. The maximum Gasteiger partial charge on any atom is 0.335 e. The molecule has 0 radical (unpaired) electrons. The van der Waals surface area contributed by atoms with Crippen molar-refractivity contribution in [3.63, 3.8) is 0 Å². The number of rotatable bonds is 30. The molecule has 1 aliphatic heterocycles. The number of aromatic carboxylic acids is 2. The molecule has 4 saturated carbocycles. The van der Waals surface area contributed by atoms with Crippen molar-refractivity contribution < 1.29 is 80.4 Å². The normalized spacial score (nSPS) is 17.8. The Kier molecular flexibility index (Phi) is 26.1. The highest BCUT2D eigenvalue weighted by Gasteiger charge is 2.45. The van der Waals surface area contributed by atoms with E-state index in [9.17, 15) is 65.4 Å². The zero-order valence-electron chi connectivity index (χ0n) is 62.3. The number of carbonyl (C=O) groups excluding carboxylic acids is 4. The highest BCUT2D eigenvalue weighted by Crippen LogP contribution is 2.41. The van der Waals surface area contributed by atoms with Gasteiger partial charge in [-0.2, -0.15) is 8.61 Å². The van der Waals surface area contributed by atoms with Crippen LogP contribution in [-0.2, 0) is 55.3 Å². The first kappa shape index (κ1) is 80.5. The number of amides is 4. The van der Waals surface area contributed by atoms with E-state index in [4.69, 9.17) is 14.9 Å². The average Bonchev–Trinajstić information content (AvgIpc) is 1.66. The average molecular weight is 1560 g/mol. The predicted octanol–water partition coefficient (Wildman–Crippen LogP) is 14.6. The van der Waals surface area contributed by atoms with Crippen molar-refractivity contribution in [2.24, 2.45) is 17.8 Å². The van der Waals surface area contributed by atoms with Gasteiger partial charge in [0, 0.05) is 65.9 Å². The highest BCUT2D eigenvalue weighted by atomic mass is 32.2. The van der Waals surface area contributed by atoms with Crippen LogP contribution in [0.3, 0.4) is 0 Å². The minimum absolute atomic E-state index is 0.000333. The molecule has 5 fully saturated rings. The molecule has 8 aromatic rings. The number of carboxylic acids is 4. The van der Waals surface area contributed by atoms with Crippen molar-refractivity contribution in [1.29, 1.82) is 0 Å². The largest absolute Gasteiger partial charge is 0.493 e. The van der Waals surface area contributed by atoms with E-state index in [1.807, 2.05) is 54.6 Å². The highest BCUT2D eigenvalue weighted by molar-refractivity contribution is 7.89. The number of sulfonamides is 2. The summed E-state index contributed by atoms with van der Waals surface area (Å²) in [6.07, 6.45) is 13.2. The Morgan fingerprint density at radius 1 is 0.420 bits per heavy atom. The standard InChI is InChI=1S/C44H48N4O8S.C42H45N3O9S/c49-41(33-5-4-6-38(27-33)57(55,56)48(36-21-22-36)35-19-15-32(16-20-35)44(53)54)46-40-24-23-37(47-25-2-1-3-26-47)28-39(40)42(50)45-34-17-11-30(12-18-34)8-7-29-9-13-31(14-10-29)43(51)52;1-2-45(34-20-16-31(17-21-34)42(50)51)55(52,53)36-5-3-4-32(24-36)39(46)44-38-23-22-35(54-26-29-8-9-29)25-37(38)40(47)43-33-18-12-28(13-19-33)7-6-27-10-14-30(15-11-27)41(48)49/h4-6,9-14,17-18,23-24,27-28,32,35-36H,1-3,7-8,15-16,19-22,25-26H2,(H,45,50)(H,46,49)(H,51,52)(H,53,54);3-5,10-15,18-19,22-25,29,31,34H,2,6-9,16-17,20-21,26H2,1H3,(H,43,47)(H,44,46)(H,48,49)(H,50,51). The molecule has 0 unspecified atom stereocenters. The fourth-order valence-electron chi connectivity index (χ4n) is 14.8. The summed E-state index contributed by atoms with van der Waals surface area (Å²) in [5.41, 5.74) is 7.70. The number of anilines is 5. The van der Waals surface area contributed by atoms with Crippen LogP contribution < -0.4 is 30.9 Å². The third-order valence-corrected chi connectivity index (χ3v) is 25.6. The number of aryl methyl sites for hydroxylation is 4. The van der Waals surface area contributed by atoms with Crippen molar-refractivity contribution in [2.45, 2.75) is 157 Å². The summed E-state index contributed by atoms with van der Waals surface area (Å²) in [5, 5.41) is 48.7. The van der Waals surface area contributed by atoms with Gasteiger partial charge in [0.05, 0.1) is 61.9 Å². The van der Waals surface area contributed by atoms with Crippen molar-refractivity contribution in [3.05, 3.63) is 238 Å². The minimum atomic E-state index is -4.01. The molecule has 112 heavy (non-hydrogen) atoms. The molecule has 0 aromatic heterocycles. The zero-order valence-corrected chi connectivity index (χ0v) is 63.9. The van der Waals surface area contributed by atoms with Gasteiger partial charge in [-0.1, -0.05) is 67.6 Å². The number of piperidine rings is 1. The summed E-state index contributed by atoms with van der Waals surface area (Å²) in [6.45, 7) is 4.18. The van der Waals surface area contributed by atoms with Gasteiger partial charge < -0.3 is 51.3 Å². The van der Waals surface area contributed by atoms with Gasteiger partial charge in [0.15, 0.2) is 0 Å². The first-order valence-electron chi connectivity index (χ1n) is 38.3. The van der Waals surface area contributed by atoms with Gasteiger partial charge in [-0.05, 0) is 271 Å². The quantitative estimate of drug-likeness (QED) is 0.0207. The molecule has 8 aromatic carbocycles. The molecule has 0 spiro atoms. The smallest absolute Gasteiger partial charge is 0.335 e. The Morgan fingerprint density at radius 2 is 0.830 bits per heavy atom. The molecule has 5 aliphatic rings. The van der Waals surface area contributed by atoms with Crippen molar-refractivity contribution in [2.75, 3.05) is 52.4 Å². The first-order chi connectivity index (χ1) is 53.9. The number of hydrogen-bond donors (Lipinski definition) is 8. The SMILES string of the molecule is CCN(C1CCC(C(=O)O)CC1)S(=O)(=O)c1cccc(C(=O)Nc2ccc(OCC3CC3)cc2C(=O)Nc2ccc(CCc3ccc(C(=O)O)cc3)cc2)c1.O=C(O)c1ccc(CCc2ccc(NC(=O)c3cc(N4CCCCC4)ccc3NC(=O)c3cccc(S(=O)(=O)N(C4CCC(C(=O)O)CC4)C4CC4)c3)cc2)cc1. The molecule has 0 atom stereocenters. The summed E-state index contributed by atoms with van der Waals surface area (Å²) >= 11 is 0. The van der Waals surface area contributed by atoms with E-state index in [2.05, 4.69) is 26.2 Å². The van der Waals surface area contributed by atoms with Crippen molar-refractivity contribution in [1.82, 2.24) is 8.61 Å². The molecule has 13 rings (SSSR count). The van der Waals surface area contributed by atoms with Crippen LogP contribution in [0.2, 0.25) is 0 Å². The summed E-state index contributed by atoms with van der Waals surface area (Å²) in [5.74, 6) is -5.69. The van der Waals surface area contributed by atoms with Gasteiger partial charge in [-0.15, -0.1) is 0 Å². The van der Waals surface area contributed by atoms with Crippen LogP contribution in [0.1, 0.15) is 188 Å². The van der Waals surface area contributed by atoms with E-state index < -0.39 is 79.4 Å². The van der Waals surface area contributed by atoms with Gasteiger partial charge >= 0.3 is 23.9 Å². The Hall–Kier alpha value is -11.1. The van der Waals surface area contributed by atoms with E-state index >= 15 is 0 Å². The molecule has 4 amide bonds. The van der Waals surface area contributed by atoms with Crippen LogP contribution in [-0.4, -0.2) is 138 Å². The van der Waals surface area contributed by atoms with Crippen molar-refractivity contribution >= 4 is 96.0 Å². The predicted molar refractivity (Wildman–Crippen MR) is 425 cm³/mol. The fourth-order valence-corrected chi connectivity index (χ4v) is 18.5. The number of carboxylic acid groups (broad SMARTS) is 4. The van der Waals surface area contributed by atoms with E-state index in [-0.39, 0.29) is 79.2 Å². The van der Waals surface area contributed by atoms with E-state index in [0.29, 0.717) is 93.9 Å². The van der Waals surface area contributed by atoms with Crippen LogP contribution in [0.15, 0.2) is 192 Å². The Labute approximate surface area is 651 Å². The Bertz CT molecular complexity index is 4990. The van der Waals surface area contributed by atoms with E-state index in [1.54, 1.807) is 102 Å². The van der Waals surface area contributed by atoms with Gasteiger partial charge in [0.2, 0.25) is 20.0 Å². The topological polar surface area (TPSA) is 353 Å². The number of nitrogens with one attached hydrogen (secondary N) is 4. The third-order valence-electron chi connectivity index (χ3n) is 21.6. The van der Waals surface area contributed by atoms with Gasteiger partial charge in [-0.25, -0.2) is 26.4 Å². The van der Waals surface area contributed by atoms with E-state index in [0.717, 1.165) is 98.8 Å². The lowest BCUT2D eigenvalue weighted by atomic mass is 9.86. The second kappa shape index (κ2) is 36.4. The summed E-state index contributed by atoms with van der Waals surface area (Å²) < 4.78 is 64.8. The van der Waals surface area contributed by atoms with Crippen LogP contribution >= 0.6 is 0 Å². The van der Waals surface area contributed by atoms with E-state index in [1.165, 1.54) is 40.7 Å². The number of nitrogens with zero attached hydrogens (tertiary/aromatic N) is 3. The summed E-state index contributed by atoms with van der Waals surface area (Å²) in [6, 6.07) is 49.6. The first-order valence-corrected chi connectivity index (χ1v) is 41.2. The maximum atomic E-state index is 14.1. The summed E-state index contributed by atoms with van der Waals surface area (Å²) in [4.78, 5) is 103. The molecule has 1 saturated heterocycles. The van der Waals surface area contributed by atoms with Crippen LogP contribution in [0.25, 0.3) is 0 Å². The second-order valence-corrected chi connectivity index (χ2v) is 33.2. The number of benzene rings is 8. The molecule has 586 valence electrons. The molecular formula is C86H93N7O17S2. The van der Waals surface area contributed by atoms with Gasteiger partial charge in [0.25, 0.3) is 23.6 Å². The lowest BCUT2D eigenvalue weighted by Gasteiger charge is -2.35. The Balaban J connectivity index is 0.000000208. The van der Waals surface area contributed by atoms with Crippen molar-refractivity contribution in [3.8, 4) is 5.75 Å². The maximum absolute atomic E-state index is 14.1. The van der Waals surface area contributed by atoms with Crippen LogP contribution in [0, 0.1) is 17.8 Å². The van der Waals surface area contributed by atoms with Gasteiger partial charge in [-0.3, -0.25) is 28.8 Å².